The van der Waals surface area contributed by atoms with Gasteiger partial charge in [-0.1, -0.05) is 6.07 Å². The van der Waals surface area contributed by atoms with E-state index in [1.807, 2.05) is 18.2 Å². The topological polar surface area (TPSA) is 109 Å². The summed E-state index contributed by atoms with van der Waals surface area (Å²) in [5.41, 5.74) is 1.03. The zero-order valence-electron chi connectivity index (χ0n) is 14.7. The molecule has 2 heterocycles. The molecule has 1 fully saturated rings. The molecule has 0 aliphatic carbocycles. The van der Waals surface area contributed by atoms with Crippen LogP contribution in [0.1, 0.15) is 12.0 Å². The van der Waals surface area contributed by atoms with Crippen molar-refractivity contribution in [1.29, 1.82) is 0 Å². The Balaban J connectivity index is 1.55. The lowest BCUT2D eigenvalue weighted by Crippen LogP contribution is -2.30. The summed E-state index contributed by atoms with van der Waals surface area (Å²) in [5.74, 6) is 0.954. The Morgan fingerprint density at radius 3 is 2.85 bits per heavy atom. The van der Waals surface area contributed by atoms with Gasteiger partial charge in [0.25, 0.3) is 0 Å². The van der Waals surface area contributed by atoms with Crippen molar-refractivity contribution in [3.8, 4) is 11.5 Å². The van der Waals surface area contributed by atoms with Gasteiger partial charge in [-0.2, -0.15) is 10.1 Å². The number of hydrogen-bond donors (Lipinski definition) is 2. The first-order valence-electron chi connectivity index (χ1n) is 8.25. The van der Waals surface area contributed by atoms with E-state index in [2.05, 4.69) is 20.5 Å². The van der Waals surface area contributed by atoms with Crippen molar-refractivity contribution in [2.45, 2.75) is 12.8 Å². The SMILES string of the molecule is COc1ccc(CCN2C[C@H](C(=O)Nc3ncn[nH]3)CC2=O)cc1OC. The molecule has 1 aliphatic rings. The van der Waals surface area contributed by atoms with Gasteiger partial charge in [-0.25, -0.2) is 5.10 Å². The lowest BCUT2D eigenvalue weighted by molar-refractivity contribution is -0.128. The van der Waals surface area contributed by atoms with Crippen molar-refractivity contribution in [1.82, 2.24) is 20.1 Å². The number of carbonyl (C=O) groups excluding carboxylic acids is 2. The number of H-pyrrole nitrogens is 1. The van der Waals surface area contributed by atoms with Crippen LogP contribution in [-0.4, -0.2) is 59.2 Å². The molecule has 2 N–H and O–H groups in total. The third-order valence-electron chi connectivity index (χ3n) is 4.36. The first kappa shape index (κ1) is 17.7. The number of nitrogens with one attached hydrogen (secondary N) is 2. The summed E-state index contributed by atoms with van der Waals surface area (Å²) >= 11 is 0. The number of likely N-dealkylation sites (tertiary alicyclic amines) is 1. The van der Waals surface area contributed by atoms with Crippen LogP contribution in [-0.2, 0) is 16.0 Å². The van der Waals surface area contributed by atoms with Crippen LogP contribution in [0.4, 0.5) is 5.95 Å². The summed E-state index contributed by atoms with van der Waals surface area (Å²) in [7, 11) is 3.17. The first-order valence-corrected chi connectivity index (χ1v) is 8.25. The molecule has 0 spiro atoms. The van der Waals surface area contributed by atoms with Gasteiger partial charge in [0.05, 0.1) is 20.1 Å². The molecule has 26 heavy (non-hydrogen) atoms. The number of aromatic nitrogens is 3. The zero-order chi connectivity index (χ0) is 18.5. The minimum Gasteiger partial charge on any atom is -0.493 e. The first-order chi connectivity index (χ1) is 12.6. The van der Waals surface area contributed by atoms with Crippen LogP contribution in [0.3, 0.4) is 0 Å². The molecule has 0 saturated carbocycles. The number of benzene rings is 1. The number of methoxy groups -OCH3 is 2. The highest BCUT2D eigenvalue weighted by molar-refractivity contribution is 5.96. The van der Waals surface area contributed by atoms with E-state index in [1.54, 1.807) is 19.1 Å². The zero-order valence-corrected chi connectivity index (χ0v) is 14.7. The quantitative estimate of drug-likeness (QED) is 0.759. The Morgan fingerprint density at radius 1 is 1.35 bits per heavy atom. The van der Waals surface area contributed by atoms with E-state index in [1.165, 1.54) is 6.33 Å². The standard InChI is InChI=1S/C17H21N5O4/c1-25-13-4-3-11(7-14(13)26-2)5-6-22-9-12(8-15(22)23)16(24)20-17-18-10-19-21-17/h3-4,7,10,12H,5-6,8-9H2,1-2H3,(H2,18,19,20,21,24)/t12-/m1/s1. The van der Waals surface area contributed by atoms with Crippen molar-refractivity contribution in [3.05, 3.63) is 30.1 Å². The highest BCUT2D eigenvalue weighted by Gasteiger charge is 2.34. The predicted octanol–water partition coefficient (Wildman–Crippen LogP) is 0.852. The van der Waals surface area contributed by atoms with E-state index in [0.717, 1.165) is 5.56 Å². The van der Waals surface area contributed by atoms with Gasteiger partial charge in [-0.15, -0.1) is 0 Å². The van der Waals surface area contributed by atoms with Gasteiger partial charge in [0.15, 0.2) is 11.5 Å². The minimum atomic E-state index is -0.391. The van der Waals surface area contributed by atoms with Crippen LogP contribution in [0, 0.1) is 5.92 Å². The fourth-order valence-corrected chi connectivity index (χ4v) is 2.95. The highest BCUT2D eigenvalue weighted by Crippen LogP contribution is 2.28. The molecule has 9 nitrogen and oxygen atoms in total. The lowest BCUT2D eigenvalue weighted by Gasteiger charge is -2.17. The molecule has 0 bridgehead atoms. The van der Waals surface area contributed by atoms with Crippen molar-refractivity contribution in [2.24, 2.45) is 5.92 Å². The third-order valence-corrected chi connectivity index (χ3v) is 4.36. The molecule has 9 heteroatoms. The maximum Gasteiger partial charge on any atom is 0.232 e. The fraction of sp³-hybridized carbons (Fsp3) is 0.412. The second-order valence-corrected chi connectivity index (χ2v) is 6.00. The Labute approximate surface area is 150 Å². The molecule has 2 aromatic rings. The molecule has 1 aromatic heterocycles. The van der Waals surface area contributed by atoms with Crippen molar-refractivity contribution >= 4 is 17.8 Å². The molecule has 1 aliphatic heterocycles. The molecule has 0 radical (unpaired) electrons. The maximum atomic E-state index is 12.2. The molecule has 1 aromatic carbocycles. The molecule has 1 atom stereocenters. The van der Waals surface area contributed by atoms with Gasteiger partial charge in [0, 0.05) is 19.5 Å². The van der Waals surface area contributed by atoms with Crippen LogP contribution in [0.25, 0.3) is 0 Å². The van der Waals surface area contributed by atoms with Gasteiger partial charge in [-0.05, 0) is 24.1 Å². The van der Waals surface area contributed by atoms with Crippen molar-refractivity contribution < 1.29 is 19.1 Å². The summed E-state index contributed by atoms with van der Waals surface area (Å²) in [5, 5.41) is 8.87. The number of hydrogen-bond acceptors (Lipinski definition) is 6. The van der Waals surface area contributed by atoms with Crippen LogP contribution in [0.15, 0.2) is 24.5 Å². The third kappa shape index (κ3) is 3.93. The number of ether oxygens (including phenoxy) is 2. The molecule has 1 saturated heterocycles. The summed E-state index contributed by atoms with van der Waals surface area (Å²) in [4.78, 5) is 30.0. The lowest BCUT2D eigenvalue weighted by atomic mass is 10.1. The van der Waals surface area contributed by atoms with Crippen LogP contribution >= 0.6 is 0 Å². The highest BCUT2D eigenvalue weighted by atomic mass is 16.5. The van der Waals surface area contributed by atoms with Crippen molar-refractivity contribution in [3.63, 3.8) is 0 Å². The van der Waals surface area contributed by atoms with Gasteiger partial charge in [-0.3, -0.25) is 14.9 Å². The smallest absolute Gasteiger partial charge is 0.232 e. The van der Waals surface area contributed by atoms with Crippen LogP contribution in [0.5, 0.6) is 11.5 Å². The number of rotatable bonds is 7. The Morgan fingerprint density at radius 2 is 2.15 bits per heavy atom. The molecule has 0 unspecified atom stereocenters. The monoisotopic (exact) mass is 359 g/mol. The number of aromatic amines is 1. The van der Waals surface area contributed by atoms with E-state index < -0.39 is 5.92 Å². The van der Waals surface area contributed by atoms with Gasteiger partial charge in [0.2, 0.25) is 17.8 Å². The molecular formula is C17H21N5O4. The Hall–Kier alpha value is -3.10. The van der Waals surface area contributed by atoms with Crippen LogP contribution in [0.2, 0.25) is 0 Å². The number of nitrogens with zero attached hydrogens (tertiary/aromatic N) is 3. The summed E-state index contributed by atoms with van der Waals surface area (Å²) < 4.78 is 10.5. The molecule has 3 rings (SSSR count). The maximum absolute atomic E-state index is 12.2. The normalized spacial score (nSPS) is 16.6. The van der Waals surface area contributed by atoms with Crippen molar-refractivity contribution in [2.75, 3.05) is 32.6 Å². The average Bonchev–Trinajstić information content (AvgIpc) is 3.29. The fourth-order valence-electron chi connectivity index (χ4n) is 2.95. The average molecular weight is 359 g/mol. The van der Waals surface area contributed by atoms with Crippen LogP contribution < -0.4 is 14.8 Å². The van der Waals surface area contributed by atoms with E-state index in [-0.39, 0.29) is 24.2 Å². The minimum absolute atomic E-state index is 0.0248. The van der Waals surface area contributed by atoms with E-state index in [4.69, 9.17) is 9.47 Å². The molecular weight excluding hydrogens is 338 g/mol. The Bertz CT molecular complexity index is 777. The van der Waals surface area contributed by atoms with E-state index >= 15 is 0 Å². The number of amides is 2. The predicted molar refractivity (Wildman–Crippen MR) is 92.9 cm³/mol. The Kier molecular flexibility index (Phi) is 5.35. The van der Waals surface area contributed by atoms with E-state index in [9.17, 15) is 9.59 Å². The second kappa shape index (κ2) is 7.85. The second-order valence-electron chi connectivity index (χ2n) is 6.00. The largest absolute Gasteiger partial charge is 0.493 e. The van der Waals surface area contributed by atoms with E-state index in [0.29, 0.717) is 31.0 Å². The molecule has 138 valence electrons. The van der Waals surface area contributed by atoms with Gasteiger partial charge < -0.3 is 14.4 Å². The summed E-state index contributed by atoms with van der Waals surface area (Å²) in [6, 6.07) is 5.68. The summed E-state index contributed by atoms with van der Waals surface area (Å²) in [6.07, 6.45) is 2.18. The number of anilines is 1. The van der Waals surface area contributed by atoms with Gasteiger partial charge >= 0.3 is 0 Å². The number of carbonyl (C=O) groups is 2. The molecule has 2 amide bonds. The summed E-state index contributed by atoms with van der Waals surface area (Å²) in [6.45, 7) is 0.937. The van der Waals surface area contributed by atoms with Gasteiger partial charge in [0.1, 0.15) is 6.33 Å².